The molecule has 2 aromatic rings. The molecule has 0 spiro atoms. The van der Waals surface area contributed by atoms with Crippen molar-refractivity contribution >= 4 is 39.4 Å². The van der Waals surface area contributed by atoms with Gasteiger partial charge in [-0.1, -0.05) is 47.0 Å². The summed E-state index contributed by atoms with van der Waals surface area (Å²) in [6.07, 6.45) is 1.38. The Morgan fingerprint density at radius 2 is 1.73 bits per heavy atom. The van der Waals surface area contributed by atoms with Crippen LogP contribution < -0.4 is 0 Å². The van der Waals surface area contributed by atoms with E-state index in [1.165, 1.54) is 13.3 Å². The van der Waals surface area contributed by atoms with Gasteiger partial charge in [-0.05, 0) is 31.2 Å². The fourth-order valence-corrected chi connectivity index (χ4v) is 3.09. The highest BCUT2D eigenvalue weighted by molar-refractivity contribution is 7.89. The van der Waals surface area contributed by atoms with Crippen molar-refractivity contribution in [1.82, 2.24) is 4.41 Å². The number of benzene rings is 2. The smallest absolute Gasteiger partial charge is 0.200 e. The summed E-state index contributed by atoms with van der Waals surface area (Å²) < 4.78 is 25.6. The van der Waals surface area contributed by atoms with E-state index in [2.05, 4.69) is 5.10 Å². The monoisotopic (exact) mass is 356 g/mol. The standard InChI is InChI=1S/C15H14Cl2N2O2S/c1-11-3-7-14(8-4-11)22(20,21)19(2)18-10-12-5-6-13(16)9-15(12)17/h3-10H,1-2H3. The van der Waals surface area contributed by atoms with Gasteiger partial charge in [-0.2, -0.15) is 17.9 Å². The molecule has 2 rings (SSSR count). The molecule has 116 valence electrons. The van der Waals surface area contributed by atoms with Crippen LogP contribution in [0, 0.1) is 6.92 Å². The number of nitrogens with zero attached hydrogens (tertiary/aromatic N) is 2. The maximum Gasteiger partial charge on any atom is 0.278 e. The van der Waals surface area contributed by atoms with Crippen LogP contribution in [0.4, 0.5) is 0 Å². The molecule has 0 fully saturated rings. The predicted octanol–water partition coefficient (Wildman–Crippen LogP) is 3.96. The maximum atomic E-state index is 12.4. The number of rotatable bonds is 4. The Bertz CT molecular complexity index is 803. The van der Waals surface area contributed by atoms with Crippen molar-refractivity contribution in [3.05, 3.63) is 63.6 Å². The number of hydrazone groups is 1. The summed E-state index contributed by atoms with van der Waals surface area (Å²) in [4.78, 5) is 0.181. The lowest BCUT2D eigenvalue weighted by Gasteiger charge is -2.13. The van der Waals surface area contributed by atoms with Crippen molar-refractivity contribution in [1.29, 1.82) is 0 Å². The predicted molar refractivity (Wildman–Crippen MR) is 90.2 cm³/mol. The highest BCUT2D eigenvalue weighted by atomic mass is 35.5. The van der Waals surface area contributed by atoms with Crippen LogP contribution in [0.2, 0.25) is 10.0 Å². The number of hydrogen-bond donors (Lipinski definition) is 0. The molecule has 0 bridgehead atoms. The summed E-state index contributed by atoms with van der Waals surface area (Å²) >= 11 is 11.8. The largest absolute Gasteiger partial charge is 0.278 e. The van der Waals surface area contributed by atoms with Gasteiger partial charge in [-0.25, -0.2) is 0 Å². The summed E-state index contributed by atoms with van der Waals surface area (Å²) in [5.41, 5.74) is 1.56. The molecule has 0 amide bonds. The zero-order chi connectivity index (χ0) is 16.3. The van der Waals surface area contributed by atoms with E-state index < -0.39 is 10.0 Å². The van der Waals surface area contributed by atoms with Crippen LogP contribution in [0.25, 0.3) is 0 Å². The van der Waals surface area contributed by atoms with Gasteiger partial charge in [-0.3, -0.25) is 0 Å². The van der Waals surface area contributed by atoms with Crippen molar-refractivity contribution < 1.29 is 8.42 Å². The number of aryl methyl sites for hydroxylation is 1. The quantitative estimate of drug-likeness (QED) is 0.614. The molecule has 0 aliphatic rings. The second-order valence-corrected chi connectivity index (χ2v) is 7.46. The number of halogens is 2. The SMILES string of the molecule is Cc1ccc(S(=O)(=O)N(C)N=Cc2ccc(Cl)cc2Cl)cc1. The van der Waals surface area contributed by atoms with Gasteiger partial charge in [-0.15, -0.1) is 0 Å². The third-order valence-electron chi connectivity index (χ3n) is 2.99. The first-order chi connectivity index (χ1) is 10.3. The summed E-state index contributed by atoms with van der Waals surface area (Å²) in [5, 5.41) is 4.85. The molecule has 0 atom stereocenters. The first-order valence-corrected chi connectivity index (χ1v) is 8.55. The average molecular weight is 357 g/mol. The molecule has 0 radical (unpaired) electrons. The van der Waals surface area contributed by atoms with Crippen LogP contribution in [0.5, 0.6) is 0 Å². The van der Waals surface area contributed by atoms with Gasteiger partial charge in [0.2, 0.25) is 0 Å². The minimum absolute atomic E-state index is 0.181. The molecule has 0 saturated carbocycles. The van der Waals surface area contributed by atoms with Crippen molar-refractivity contribution in [3.63, 3.8) is 0 Å². The third-order valence-corrected chi connectivity index (χ3v) is 5.21. The molecular weight excluding hydrogens is 343 g/mol. The van der Waals surface area contributed by atoms with Crippen LogP contribution in [-0.4, -0.2) is 26.1 Å². The maximum absolute atomic E-state index is 12.4. The molecule has 0 aliphatic carbocycles. The lowest BCUT2D eigenvalue weighted by atomic mass is 10.2. The van der Waals surface area contributed by atoms with E-state index in [1.54, 1.807) is 42.5 Å². The molecule has 7 heteroatoms. The van der Waals surface area contributed by atoms with Gasteiger partial charge in [0.05, 0.1) is 16.1 Å². The van der Waals surface area contributed by atoms with Gasteiger partial charge in [0.15, 0.2) is 0 Å². The zero-order valence-corrected chi connectivity index (χ0v) is 14.3. The van der Waals surface area contributed by atoms with Crippen LogP contribution in [0.3, 0.4) is 0 Å². The van der Waals surface area contributed by atoms with Gasteiger partial charge < -0.3 is 0 Å². The van der Waals surface area contributed by atoms with Crippen molar-refractivity contribution in [2.24, 2.45) is 5.10 Å². The van der Waals surface area contributed by atoms with Gasteiger partial charge in [0.1, 0.15) is 0 Å². The van der Waals surface area contributed by atoms with Crippen LogP contribution >= 0.6 is 23.2 Å². The highest BCUT2D eigenvalue weighted by Crippen LogP contribution is 2.20. The Balaban J connectivity index is 2.25. The van der Waals surface area contributed by atoms with Crippen LogP contribution in [0.15, 0.2) is 52.5 Å². The second kappa shape index (κ2) is 6.69. The summed E-state index contributed by atoms with van der Waals surface area (Å²) in [7, 11) is -2.31. The Kier molecular flexibility index (Phi) is 5.11. The minimum atomic E-state index is -3.68. The average Bonchev–Trinajstić information content (AvgIpc) is 2.46. The van der Waals surface area contributed by atoms with Gasteiger partial charge >= 0.3 is 0 Å². The van der Waals surface area contributed by atoms with Gasteiger partial charge in [0.25, 0.3) is 10.0 Å². The minimum Gasteiger partial charge on any atom is -0.200 e. The molecule has 22 heavy (non-hydrogen) atoms. The Morgan fingerprint density at radius 3 is 2.32 bits per heavy atom. The fraction of sp³-hybridized carbons (Fsp3) is 0.133. The van der Waals surface area contributed by atoms with Gasteiger partial charge in [0, 0.05) is 17.6 Å². The molecular formula is C15H14Cl2N2O2S. The van der Waals surface area contributed by atoms with E-state index >= 15 is 0 Å². The Labute approximate surface area is 140 Å². The summed E-state index contributed by atoms with van der Waals surface area (Å²) in [5.74, 6) is 0. The summed E-state index contributed by atoms with van der Waals surface area (Å²) in [6.45, 7) is 1.89. The third kappa shape index (κ3) is 3.80. The van der Waals surface area contributed by atoms with E-state index in [1.807, 2.05) is 6.92 Å². The fourth-order valence-electron chi connectivity index (χ4n) is 1.67. The van der Waals surface area contributed by atoms with Crippen molar-refractivity contribution in [2.75, 3.05) is 7.05 Å². The van der Waals surface area contributed by atoms with Crippen molar-refractivity contribution in [3.8, 4) is 0 Å². The van der Waals surface area contributed by atoms with E-state index in [0.717, 1.165) is 9.98 Å². The topological polar surface area (TPSA) is 49.7 Å². The molecule has 0 saturated heterocycles. The molecule has 2 aromatic carbocycles. The lowest BCUT2D eigenvalue weighted by molar-refractivity contribution is 0.491. The van der Waals surface area contributed by atoms with Crippen LogP contribution in [-0.2, 0) is 10.0 Å². The highest BCUT2D eigenvalue weighted by Gasteiger charge is 2.18. The molecule has 0 heterocycles. The van der Waals surface area contributed by atoms with E-state index in [-0.39, 0.29) is 4.90 Å². The van der Waals surface area contributed by atoms with E-state index in [4.69, 9.17) is 23.2 Å². The van der Waals surface area contributed by atoms with Crippen LogP contribution in [0.1, 0.15) is 11.1 Å². The molecule has 0 aromatic heterocycles. The molecule has 0 N–H and O–H groups in total. The first kappa shape index (κ1) is 16.8. The molecule has 4 nitrogen and oxygen atoms in total. The molecule has 0 unspecified atom stereocenters. The Hall–Kier alpha value is -1.56. The zero-order valence-electron chi connectivity index (χ0n) is 12.0. The number of sulfonamides is 1. The second-order valence-electron chi connectivity index (χ2n) is 4.66. The van der Waals surface area contributed by atoms with Crippen molar-refractivity contribution in [2.45, 2.75) is 11.8 Å². The first-order valence-electron chi connectivity index (χ1n) is 6.35. The normalized spacial score (nSPS) is 11.8. The number of hydrogen-bond acceptors (Lipinski definition) is 3. The lowest BCUT2D eigenvalue weighted by Crippen LogP contribution is -2.21. The van der Waals surface area contributed by atoms with E-state index in [9.17, 15) is 8.42 Å². The van der Waals surface area contributed by atoms with E-state index in [0.29, 0.717) is 15.6 Å². The molecule has 0 aliphatic heterocycles. The Morgan fingerprint density at radius 1 is 1.09 bits per heavy atom. The summed E-state index contributed by atoms with van der Waals surface area (Å²) in [6, 6.07) is 11.5.